The van der Waals surface area contributed by atoms with Gasteiger partial charge in [-0.3, -0.25) is 9.48 Å². The Hall–Kier alpha value is -2.15. The van der Waals surface area contributed by atoms with Crippen molar-refractivity contribution in [1.29, 1.82) is 0 Å². The van der Waals surface area contributed by atoms with E-state index in [2.05, 4.69) is 15.5 Å². The lowest BCUT2D eigenvalue weighted by Crippen LogP contribution is -2.23. The second kappa shape index (κ2) is 5.46. The number of nitrogens with zero attached hydrogens (tertiary/aromatic N) is 4. The molecule has 2 heterocycles. The summed E-state index contributed by atoms with van der Waals surface area (Å²) >= 11 is 0. The predicted molar refractivity (Wildman–Crippen MR) is 68.4 cm³/mol. The monoisotopic (exact) mass is 248 g/mol. The minimum absolute atomic E-state index is 0.152. The second-order valence-electron chi connectivity index (χ2n) is 3.98. The molecule has 0 unspecified atom stereocenters. The Morgan fingerprint density at radius 1 is 1.39 bits per heavy atom. The van der Waals surface area contributed by atoms with E-state index in [1.54, 1.807) is 17.1 Å². The lowest BCUT2D eigenvalue weighted by Gasteiger charge is -2.06. The number of anilines is 1. The molecule has 7 nitrogen and oxygen atoms in total. The summed E-state index contributed by atoms with van der Waals surface area (Å²) in [7, 11) is 1.83. The molecule has 0 spiro atoms. The molecular formula is C11H16N6O. The zero-order valence-corrected chi connectivity index (χ0v) is 10.2. The van der Waals surface area contributed by atoms with Gasteiger partial charge in [-0.15, -0.1) is 0 Å². The van der Waals surface area contributed by atoms with Crippen LogP contribution in [0.15, 0.2) is 29.5 Å². The summed E-state index contributed by atoms with van der Waals surface area (Å²) in [6.45, 7) is 1.55. The van der Waals surface area contributed by atoms with Crippen molar-refractivity contribution in [3.8, 4) is 0 Å². The molecule has 0 aromatic carbocycles. The number of nitrogens with one attached hydrogen (secondary N) is 1. The van der Waals surface area contributed by atoms with E-state index in [0.29, 0.717) is 25.3 Å². The Kier molecular flexibility index (Phi) is 3.73. The third-order valence-corrected chi connectivity index (χ3v) is 2.43. The van der Waals surface area contributed by atoms with Crippen molar-refractivity contribution in [1.82, 2.24) is 19.6 Å². The summed E-state index contributed by atoms with van der Waals surface area (Å²) in [5, 5.41) is 11.2. The first-order valence-corrected chi connectivity index (χ1v) is 5.67. The van der Waals surface area contributed by atoms with Gasteiger partial charge in [-0.2, -0.15) is 10.2 Å². The fourth-order valence-electron chi connectivity index (χ4n) is 1.59. The third kappa shape index (κ3) is 2.95. The summed E-state index contributed by atoms with van der Waals surface area (Å²) < 4.78 is 3.09. The second-order valence-corrected chi connectivity index (χ2v) is 3.98. The van der Waals surface area contributed by atoms with Crippen molar-refractivity contribution in [2.24, 2.45) is 12.8 Å². The highest BCUT2D eigenvalue weighted by atomic mass is 16.1. The van der Waals surface area contributed by atoms with Gasteiger partial charge in [0.15, 0.2) is 0 Å². The SMILES string of the molecule is Cn1cc(Cn2ncc(NCCN)cc2=O)cn1. The van der Waals surface area contributed by atoms with Gasteiger partial charge < -0.3 is 11.1 Å². The Bertz CT molecular complexity index is 573. The van der Waals surface area contributed by atoms with Gasteiger partial charge in [0.25, 0.3) is 5.56 Å². The van der Waals surface area contributed by atoms with Crippen molar-refractivity contribution < 1.29 is 0 Å². The zero-order chi connectivity index (χ0) is 13.0. The Morgan fingerprint density at radius 3 is 2.83 bits per heavy atom. The highest BCUT2D eigenvalue weighted by Crippen LogP contribution is 2.01. The van der Waals surface area contributed by atoms with Crippen LogP contribution in [0.4, 0.5) is 5.69 Å². The summed E-state index contributed by atoms with van der Waals surface area (Å²) in [4.78, 5) is 11.8. The summed E-state index contributed by atoms with van der Waals surface area (Å²) in [5.74, 6) is 0. The summed E-state index contributed by atoms with van der Waals surface area (Å²) in [6, 6.07) is 1.51. The smallest absolute Gasteiger partial charge is 0.269 e. The van der Waals surface area contributed by atoms with E-state index >= 15 is 0 Å². The van der Waals surface area contributed by atoms with E-state index in [1.807, 2.05) is 13.2 Å². The van der Waals surface area contributed by atoms with Crippen molar-refractivity contribution >= 4 is 5.69 Å². The van der Waals surface area contributed by atoms with Crippen molar-refractivity contribution in [3.63, 3.8) is 0 Å². The molecule has 3 N–H and O–H groups in total. The average Bonchev–Trinajstić information content (AvgIpc) is 2.75. The predicted octanol–water partition coefficient (Wildman–Crippen LogP) is -0.604. The van der Waals surface area contributed by atoms with Crippen LogP contribution in [-0.4, -0.2) is 32.7 Å². The molecule has 0 fully saturated rings. The van der Waals surface area contributed by atoms with Gasteiger partial charge in [-0.1, -0.05) is 0 Å². The maximum absolute atomic E-state index is 11.8. The normalized spacial score (nSPS) is 10.6. The van der Waals surface area contributed by atoms with Gasteiger partial charge in [0.1, 0.15) is 0 Å². The fraction of sp³-hybridized carbons (Fsp3) is 0.364. The van der Waals surface area contributed by atoms with Crippen LogP contribution in [0.25, 0.3) is 0 Å². The van der Waals surface area contributed by atoms with Crippen LogP contribution < -0.4 is 16.6 Å². The molecule has 0 saturated heterocycles. The van der Waals surface area contributed by atoms with Crippen LogP contribution in [0.3, 0.4) is 0 Å². The number of hydrogen-bond acceptors (Lipinski definition) is 5. The number of hydrogen-bond donors (Lipinski definition) is 2. The minimum atomic E-state index is -0.152. The van der Waals surface area contributed by atoms with Crippen molar-refractivity contribution in [3.05, 3.63) is 40.6 Å². The molecule has 2 rings (SSSR count). The topological polar surface area (TPSA) is 90.8 Å². The number of aryl methyl sites for hydroxylation is 1. The Morgan fingerprint density at radius 2 is 2.22 bits per heavy atom. The van der Waals surface area contributed by atoms with Gasteiger partial charge in [-0.25, -0.2) is 4.68 Å². The maximum Gasteiger partial charge on any atom is 0.269 e. The molecular weight excluding hydrogens is 232 g/mol. The molecule has 0 saturated carbocycles. The van der Waals surface area contributed by atoms with Crippen molar-refractivity contribution in [2.75, 3.05) is 18.4 Å². The molecule has 0 aliphatic rings. The van der Waals surface area contributed by atoms with Crippen LogP contribution in [0.2, 0.25) is 0 Å². The van der Waals surface area contributed by atoms with Gasteiger partial charge in [0, 0.05) is 38.0 Å². The van der Waals surface area contributed by atoms with Crippen LogP contribution in [-0.2, 0) is 13.6 Å². The standard InChI is InChI=1S/C11H16N6O/c1-16-7-9(5-14-16)8-17-11(18)4-10(6-15-17)13-3-2-12/h4-7,13H,2-3,8,12H2,1H3. The summed E-state index contributed by atoms with van der Waals surface area (Å²) in [5.41, 5.74) is 6.85. The van der Waals surface area contributed by atoms with E-state index in [0.717, 1.165) is 5.56 Å². The molecule has 2 aromatic rings. The van der Waals surface area contributed by atoms with Crippen LogP contribution in [0.1, 0.15) is 5.56 Å². The molecule has 2 aromatic heterocycles. The first-order chi connectivity index (χ1) is 8.69. The van der Waals surface area contributed by atoms with Crippen LogP contribution in [0.5, 0.6) is 0 Å². The number of aromatic nitrogens is 4. The maximum atomic E-state index is 11.8. The molecule has 18 heavy (non-hydrogen) atoms. The fourth-order valence-corrected chi connectivity index (χ4v) is 1.59. The lowest BCUT2D eigenvalue weighted by molar-refractivity contribution is 0.639. The first-order valence-electron chi connectivity index (χ1n) is 5.67. The number of rotatable bonds is 5. The Balaban J connectivity index is 2.12. The van der Waals surface area contributed by atoms with Gasteiger partial charge >= 0.3 is 0 Å². The molecule has 0 radical (unpaired) electrons. The van der Waals surface area contributed by atoms with E-state index in [-0.39, 0.29) is 5.56 Å². The molecule has 0 amide bonds. The molecule has 0 bridgehead atoms. The van der Waals surface area contributed by atoms with Crippen LogP contribution >= 0.6 is 0 Å². The zero-order valence-electron chi connectivity index (χ0n) is 10.2. The van der Waals surface area contributed by atoms with E-state index in [4.69, 9.17) is 5.73 Å². The van der Waals surface area contributed by atoms with Gasteiger partial charge in [0.05, 0.1) is 24.6 Å². The highest BCUT2D eigenvalue weighted by molar-refractivity contribution is 5.38. The lowest BCUT2D eigenvalue weighted by atomic mass is 10.3. The summed E-state index contributed by atoms with van der Waals surface area (Å²) in [6.07, 6.45) is 5.19. The highest BCUT2D eigenvalue weighted by Gasteiger charge is 2.02. The van der Waals surface area contributed by atoms with Crippen LogP contribution in [0, 0.1) is 0 Å². The largest absolute Gasteiger partial charge is 0.382 e. The molecule has 0 atom stereocenters. The Labute approximate surface area is 104 Å². The quantitative estimate of drug-likeness (QED) is 0.737. The number of nitrogens with two attached hydrogens (primary N) is 1. The first kappa shape index (κ1) is 12.3. The van der Waals surface area contributed by atoms with Gasteiger partial charge in [-0.05, 0) is 0 Å². The third-order valence-electron chi connectivity index (χ3n) is 2.43. The minimum Gasteiger partial charge on any atom is -0.382 e. The van der Waals surface area contributed by atoms with Crippen molar-refractivity contribution in [2.45, 2.75) is 6.54 Å². The molecule has 0 aliphatic carbocycles. The van der Waals surface area contributed by atoms with E-state index in [9.17, 15) is 4.79 Å². The van der Waals surface area contributed by atoms with E-state index in [1.165, 1.54) is 10.7 Å². The average molecular weight is 248 g/mol. The van der Waals surface area contributed by atoms with Gasteiger partial charge in [0.2, 0.25) is 0 Å². The molecule has 0 aliphatic heterocycles. The molecule has 7 heteroatoms. The van der Waals surface area contributed by atoms with E-state index < -0.39 is 0 Å². The molecule has 96 valence electrons.